The quantitative estimate of drug-likeness (QED) is 0.583. The number of benzene rings is 2. The fraction of sp³-hybridized carbons (Fsp3) is 0.174. The van der Waals surface area contributed by atoms with Crippen LogP contribution in [0.2, 0.25) is 0 Å². The van der Waals surface area contributed by atoms with Crippen LogP contribution in [0.15, 0.2) is 71.7 Å². The van der Waals surface area contributed by atoms with E-state index in [2.05, 4.69) is 10.4 Å². The van der Waals surface area contributed by atoms with Crippen LogP contribution in [0.4, 0.5) is 0 Å². The normalized spacial score (nSPS) is 12.1. The number of fused-ring (bicyclic) bond motifs is 1. The van der Waals surface area contributed by atoms with E-state index in [4.69, 9.17) is 0 Å². The number of carbonyl (C=O) groups is 1. The van der Waals surface area contributed by atoms with Crippen molar-refractivity contribution < 1.29 is 4.79 Å². The van der Waals surface area contributed by atoms with Crippen LogP contribution in [-0.2, 0) is 7.05 Å². The number of aryl methyl sites for hydroxylation is 1. The molecule has 0 aliphatic carbocycles. The second-order valence-electron chi connectivity index (χ2n) is 7.10. The molecule has 1 N–H and O–H groups in total. The van der Waals surface area contributed by atoms with Gasteiger partial charge >= 0.3 is 0 Å². The van der Waals surface area contributed by atoms with Gasteiger partial charge in [-0.05, 0) is 32.0 Å². The smallest absolute Gasteiger partial charge is 0.252 e. The Kier molecular flexibility index (Phi) is 4.76. The molecule has 0 saturated heterocycles. The summed E-state index contributed by atoms with van der Waals surface area (Å²) in [7, 11) is 1.70. The van der Waals surface area contributed by atoms with Gasteiger partial charge in [0.05, 0.1) is 29.0 Å². The molecule has 2 aromatic carbocycles. The first kappa shape index (κ1) is 18.7. The van der Waals surface area contributed by atoms with Crippen molar-refractivity contribution >= 4 is 16.8 Å². The molecule has 2 aromatic heterocycles. The predicted octanol–water partition coefficient (Wildman–Crippen LogP) is 3.52. The van der Waals surface area contributed by atoms with E-state index >= 15 is 0 Å². The molecule has 0 unspecified atom stereocenters. The number of amides is 1. The van der Waals surface area contributed by atoms with Gasteiger partial charge in [0.15, 0.2) is 0 Å². The summed E-state index contributed by atoms with van der Waals surface area (Å²) in [6, 6.07) is 18.4. The lowest BCUT2D eigenvalue weighted by molar-refractivity contribution is 0.0941. The van der Waals surface area contributed by atoms with Crippen molar-refractivity contribution in [2.45, 2.75) is 19.9 Å². The average molecular weight is 386 g/mol. The third-order valence-corrected chi connectivity index (χ3v) is 5.26. The van der Waals surface area contributed by atoms with Gasteiger partial charge in [0.25, 0.3) is 11.5 Å². The summed E-state index contributed by atoms with van der Waals surface area (Å²) in [5.74, 6) is -0.279. The Morgan fingerprint density at radius 2 is 1.76 bits per heavy atom. The molecule has 6 nitrogen and oxygen atoms in total. The Morgan fingerprint density at radius 1 is 1.07 bits per heavy atom. The highest BCUT2D eigenvalue weighted by atomic mass is 16.2. The topological polar surface area (TPSA) is 68.9 Å². The molecule has 4 rings (SSSR count). The van der Waals surface area contributed by atoms with Crippen LogP contribution in [-0.4, -0.2) is 20.3 Å². The van der Waals surface area contributed by atoms with Gasteiger partial charge in [0.1, 0.15) is 0 Å². The largest absolute Gasteiger partial charge is 0.345 e. The number of hydrogen-bond acceptors (Lipinski definition) is 3. The van der Waals surface area contributed by atoms with Gasteiger partial charge in [0, 0.05) is 29.8 Å². The van der Waals surface area contributed by atoms with Crippen LogP contribution in [0.3, 0.4) is 0 Å². The van der Waals surface area contributed by atoms with Crippen LogP contribution in [0, 0.1) is 6.92 Å². The number of rotatable bonds is 4. The SMILES string of the molecule is Cc1c([C@H](C)NC(=O)c2cc(=O)n(C)c3ccccc23)cnn1-c1ccccc1. The molecule has 0 fully saturated rings. The maximum Gasteiger partial charge on any atom is 0.252 e. The first-order valence-corrected chi connectivity index (χ1v) is 9.47. The zero-order chi connectivity index (χ0) is 20.5. The molecule has 0 saturated carbocycles. The Bertz CT molecular complexity index is 1260. The minimum absolute atomic E-state index is 0.213. The second-order valence-corrected chi connectivity index (χ2v) is 7.10. The summed E-state index contributed by atoms with van der Waals surface area (Å²) in [5, 5.41) is 8.24. The van der Waals surface area contributed by atoms with Crippen molar-refractivity contribution in [1.82, 2.24) is 19.7 Å². The van der Waals surface area contributed by atoms with Gasteiger partial charge in [-0.1, -0.05) is 36.4 Å². The van der Waals surface area contributed by atoms with Crippen LogP contribution in [0.5, 0.6) is 0 Å². The summed E-state index contributed by atoms with van der Waals surface area (Å²) in [6.45, 7) is 3.89. The number of aromatic nitrogens is 3. The lowest BCUT2D eigenvalue weighted by Gasteiger charge is -2.16. The van der Waals surface area contributed by atoms with Crippen LogP contribution in [0.25, 0.3) is 16.6 Å². The fourth-order valence-electron chi connectivity index (χ4n) is 3.63. The van der Waals surface area contributed by atoms with Crippen molar-refractivity contribution in [3.05, 3.63) is 94.0 Å². The zero-order valence-corrected chi connectivity index (χ0v) is 16.6. The molecule has 146 valence electrons. The number of pyridine rings is 1. The first-order chi connectivity index (χ1) is 14.0. The zero-order valence-electron chi connectivity index (χ0n) is 16.6. The van der Waals surface area contributed by atoms with Crippen molar-refractivity contribution in [2.75, 3.05) is 0 Å². The van der Waals surface area contributed by atoms with E-state index in [1.54, 1.807) is 17.8 Å². The number of nitrogens with zero attached hydrogens (tertiary/aromatic N) is 3. The summed E-state index contributed by atoms with van der Waals surface area (Å²) < 4.78 is 3.40. The van der Waals surface area contributed by atoms with Gasteiger partial charge in [-0.2, -0.15) is 5.10 Å². The molecular weight excluding hydrogens is 364 g/mol. The second kappa shape index (κ2) is 7.39. The molecule has 1 atom stereocenters. The van der Waals surface area contributed by atoms with Gasteiger partial charge in [-0.15, -0.1) is 0 Å². The number of para-hydroxylation sites is 2. The van der Waals surface area contributed by atoms with Gasteiger partial charge in [0.2, 0.25) is 0 Å². The van der Waals surface area contributed by atoms with Crippen molar-refractivity contribution in [2.24, 2.45) is 7.05 Å². The lowest BCUT2D eigenvalue weighted by Crippen LogP contribution is -2.29. The summed E-state index contributed by atoms with van der Waals surface area (Å²) in [6.07, 6.45) is 1.77. The van der Waals surface area contributed by atoms with Gasteiger partial charge in [-0.25, -0.2) is 4.68 Å². The highest BCUT2D eigenvalue weighted by molar-refractivity contribution is 6.06. The predicted molar refractivity (Wildman–Crippen MR) is 113 cm³/mol. The third-order valence-electron chi connectivity index (χ3n) is 5.26. The minimum atomic E-state index is -0.279. The van der Waals surface area contributed by atoms with Crippen molar-refractivity contribution in [3.63, 3.8) is 0 Å². The van der Waals surface area contributed by atoms with E-state index < -0.39 is 0 Å². The maximum atomic E-state index is 13.0. The van der Waals surface area contributed by atoms with Crippen LogP contribution < -0.4 is 10.9 Å². The van der Waals surface area contributed by atoms with E-state index in [1.165, 1.54) is 6.07 Å². The van der Waals surface area contributed by atoms with Crippen molar-refractivity contribution in [1.29, 1.82) is 0 Å². The summed E-state index contributed by atoms with van der Waals surface area (Å²) >= 11 is 0. The van der Waals surface area contributed by atoms with Crippen LogP contribution >= 0.6 is 0 Å². The van der Waals surface area contributed by atoms with Gasteiger partial charge in [-0.3, -0.25) is 9.59 Å². The highest BCUT2D eigenvalue weighted by Gasteiger charge is 2.19. The van der Waals surface area contributed by atoms with Crippen molar-refractivity contribution in [3.8, 4) is 5.69 Å². The first-order valence-electron chi connectivity index (χ1n) is 9.47. The number of nitrogens with one attached hydrogen (secondary N) is 1. The van der Waals surface area contributed by atoms with Crippen LogP contribution in [0.1, 0.15) is 34.6 Å². The number of hydrogen-bond donors (Lipinski definition) is 1. The van der Waals surface area contributed by atoms with E-state index in [0.29, 0.717) is 5.56 Å². The lowest BCUT2D eigenvalue weighted by atomic mass is 10.1. The van der Waals surface area contributed by atoms with E-state index in [9.17, 15) is 9.59 Å². The van der Waals surface area contributed by atoms with E-state index in [-0.39, 0.29) is 17.5 Å². The van der Waals surface area contributed by atoms with Gasteiger partial charge < -0.3 is 9.88 Å². The number of carbonyl (C=O) groups excluding carboxylic acids is 1. The summed E-state index contributed by atoms with van der Waals surface area (Å²) in [5.41, 5.74) is 3.74. The molecule has 29 heavy (non-hydrogen) atoms. The molecule has 0 bridgehead atoms. The molecule has 4 aromatic rings. The molecule has 0 radical (unpaired) electrons. The highest BCUT2D eigenvalue weighted by Crippen LogP contribution is 2.22. The fourth-order valence-corrected chi connectivity index (χ4v) is 3.63. The van der Waals surface area contributed by atoms with E-state index in [0.717, 1.165) is 27.8 Å². The molecule has 0 aliphatic heterocycles. The molecule has 2 heterocycles. The third kappa shape index (κ3) is 3.33. The Morgan fingerprint density at radius 3 is 2.52 bits per heavy atom. The molecule has 1 amide bonds. The van der Waals surface area contributed by atoms with E-state index in [1.807, 2.05) is 73.1 Å². The molecule has 6 heteroatoms. The molecule has 0 aliphatic rings. The standard InChI is InChI=1S/C23H22N4O2/c1-15(20-14-24-27(16(20)2)17-9-5-4-6-10-17)25-23(29)19-13-22(28)26(3)21-12-8-7-11-18(19)21/h4-15H,1-3H3,(H,25,29)/t15-/m0/s1. The average Bonchev–Trinajstić information content (AvgIpc) is 3.12. The molecular formula is C23H22N4O2. The Balaban J connectivity index is 1.65. The molecule has 0 spiro atoms. The summed E-state index contributed by atoms with van der Waals surface area (Å²) in [4.78, 5) is 25.3. The minimum Gasteiger partial charge on any atom is -0.345 e. The Labute approximate surface area is 168 Å². The maximum absolute atomic E-state index is 13.0. The Hall–Kier alpha value is -3.67. The monoisotopic (exact) mass is 386 g/mol.